The van der Waals surface area contributed by atoms with E-state index in [1.54, 1.807) is 0 Å². The summed E-state index contributed by atoms with van der Waals surface area (Å²) in [4.78, 5) is 38.4. The molecule has 0 unspecified atom stereocenters. The van der Waals surface area contributed by atoms with Crippen LogP contribution < -0.4 is 5.56 Å². The number of carboxylic acid groups (broad SMARTS) is 1. The number of amides is 1. The third-order valence-corrected chi connectivity index (χ3v) is 3.11. The number of nitrogens with zero attached hydrogens (tertiary/aromatic N) is 1. The Labute approximate surface area is 114 Å². The zero-order chi connectivity index (χ0) is 14.7. The number of H-pyrrole nitrogens is 1. The Morgan fingerprint density at radius 3 is 2.90 bits per heavy atom. The van der Waals surface area contributed by atoms with Crippen LogP contribution in [0.25, 0.3) is 0 Å². The summed E-state index contributed by atoms with van der Waals surface area (Å²) in [5.74, 6) is -1.10. The van der Waals surface area contributed by atoms with E-state index in [1.165, 1.54) is 17.2 Å². The third kappa shape index (κ3) is 2.56. The summed E-state index contributed by atoms with van der Waals surface area (Å²) >= 11 is 0. The van der Waals surface area contributed by atoms with Crippen LogP contribution in [0.3, 0.4) is 0 Å². The maximum Gasteiger partial charge on any atom is 0.410 e. The van der Waals surface area contributed by atoms with E-state index in [9.17, 15) is 14.4 Å². The summed E-state index contributed by atoms with van der Waals surface area (Å²) in [6.07, 6.45) is 2.40. The number of aromatic amines is 1. The molecule has 0 aromatic carbocycles. The minimum atomic E-state index is -1.10. The van der Waals surface area contributed by atoms with Crippen LogP contribution in [0.1, 0.15) is 21.5 Å². The van der Waals surface area contributed by atoms with Crippen molar-refractivity contribution < 1.29 is 19.4 Å². The van der Waals surface area contributed by atoms with Crippen LogP contribution >= 0.6 is 0 Å². The van der Waals surface area contributed by atoms with E-state index in [-0.39, 0.29) is 24.3 Å². The normalized spacial score (nSPS) is 13.5. The molecule has 1 aliphatic heterocycles. The second-order valence-corrected chi connectivity index (χ2v) is 4.33. The fourth-order valence-electron chi connectivity index (χ4n) is 2.15. The van der Waals surface area contributed by atoms with Gasteiger partial charge in [0.05, 0.1) is 12.1 Å². The summed E-state index contributed by atoms with van der Waals surface area (Å²) in [6, 6.07) is 0. The molecule has 0 aliphatic carbocycles. The van der Waals surface area contributed by atoms with Crippen molar-refractivity contribution in [3.8, 4) is 0 Å². The standard InChI is InChI=1S/C13H14N2O5/c1-2-5-20-13(19)15-4-3-8-9(12(17)18)6-14-11(16)10(8)7-15/h2,6H,1,3-5,7H2,(H,14,16)(H,17,18). The molecule has 0 fully saturated rings. The van der Waals surface area contributed by atoms with Gasteiger partial charge in [0.15, 0.2) is 0 Å². The number of carbonyl (C=O) groups is 2. The molecule has 1 aromatic rings. The monoisotopic (exact) mass is 278 g/mol. The molecule has 0 radical (unpaired) electrons. The van der Waals surface area contributed by atoms with Crippen molar-refractivity contribution in [2.75, 3.05) is 13.2 Å². The quantitative estimate of drug-likeness (QED) is 0.795. The first-order chi connectivity index (χ1) is 9.54. The van der Waals surface area contributed by atoms with Crippen molar-refractivity contribution in [2.45, 2.75) is 13.0 Å². The molecule has 0 atom stereocenters. The van der Waals surface area contributed by atoms with Crippen molar-refractivity contribution in [1.29, 1.82) is 0 Å². The molecule has 1 aromatic heterocycles. The summed E-state index contributed by atoms with van der Waals surface area (Å²) in [6.45, 7) is 3.89. The number of carboxylic acids is 1. The van der Waals surface area contributed by atoms with Gasteiger partial charge >= 0.3 is 12.1 Å². The van der Waals surface area contributed by atoms with Gasteiger partial charge in [0.25, 0.3) is 5.56 Å². The number of nitrogens with one attached hydrogen (secondary N) is 1. The van der Waals surface area contributed by atoms with Crippen molar-refractivity contribution >= 4 is 12.1 Å². The number of carbonyl (C=O) groups excluding carboxylic acids is 1. The van der Waals surface area contributed by atoms with Gasteiger partial charge in [0.2, 0.25) is 0 Å². The average Bonchev–Trinajstić information content (AvgIpc) is 2.44. The number of aromatic carboxylic acids is 1. The molecule has 2 N–H and O–H groups in total. The zero-order valence-electron chi connectivity index (χ0n) is 10.7. The molecule has 1 aliphatic rings. The number of fused-ring (bicyclic) bond motifs is 1. The predicted molar refractivity (Wildman–Crippen MR) is 69.7 cm³/mol. The van der Waals surface area contributed by atoms with Crippen molar-refractivity contribution in [2.24, 2.45) is 0 Å². The Balaban J connectivity index is 2.28. The lowest BCUT2D eigenvalue weighted by molar-refractivity contribution is 0.0694. The first-order valence-electron chi connectivity index (χ1n) is 6.04. The molecule has 2 heterocycles. The molecular weight excluding hydrogens is 264 g/mol. The first-order valence-corrected chi connectivity index (χ1v) is 6.04. The number of hydrogen-bond acceptors (Lipinski definition) is 4. The molecule has 1 amide bonds. The molecule has 20 heavy (non-hydrogen) atoms. The van der Waals surface area contributed by atoms with Gasteiger partial charge in [-0.05, 0) is 12.0 Å². The van der Waals surface area contributed by atoms with E-state index in [4.69, 9.17) is 9.84 Å². The topological polar surface area (TPSA) is 99.7 Å². The van der Waals surface area contributed by atoms with E-state index in [2.05, 4.69) is 11.6 Å². The molecule has 0 spiro atoms. The Bertz CT molecular complexity index is 620. The highest BCUT2D eigenvalue weighted by Gasteiger charge is 2.27. The van der Waals surface area contributed by atoms with Crippen LogP contribution in [0.15, 0.2) is 23.6 Å². The highest BCUT2D eigenvalue weighted by atomic mass is 16.6. The SMILES string of the molecule is C=CCOC(=O)N1CCc2c(C(=O)O)c[nH]c(=O)c2C1. The summed E-state index contributed by atoms with van der Waals surface area (Å²) in [5.41, 5.74) is 0.464. The molecule has 106 valence electrons. The van der Waals surface area contributed by atoms with E-state index < -0.39 is 12.1 Å². The predicted octanol–water partition coefficient (Wildman–Crippen LogP) is 0.754. The summed E-state index contributed by atoms with van der Waals surface area (Å²) in [5, 5.41) is 9.08. The number of rotatable bonds is 3. The molecule has 0 saturated carbocycles. The van der Waals surface area contributed by atoms with E-state index in [0.29, 0.717) is 24.1 Å². The maximum absolute atomic E-state index is 11.8. The largest absolute Gasteiger partial charge is 0.478 e. The van der Waals surface area contributed by atoms with Gasteiger partial charge in [-0.2, -0.15) is 0 Å². The minimum Gasteiger partial charge on any atom is -0.478 e. The van der Waals surface area contributed by atoms with Gasteiger partial charge in [0.1, 0.15) is 6.61 Å². The third-order valence-electron chi connectivity index (χ3n) is 3.11. The highest BCUT2D eigenvalue weighted by molar-refractivity contribution is 5.89. The second-order valence-electron chi connectivity index (χ2n) is 4.33. The Morgan fingerprint density at radius 2 is 2.25 bits per heavy atom. The maximum atomic E-state index is 11.8. The van der Waals surface area contributed by atoms with Crippen molar-refractivity contribution in [3.05, 3.63) is 45.9 Å². The van der Waals surface area contributed by atoms with Gasteiger partial charge in [-0.3, -0.25) is 4.79 Å². The lowest BCUT2D eigenvalue weighted by Gasteiger charge is -2.28. The van der Waals surface area contributed by atoms with Crippen LogP contribution in [0.2, 0.25) is 0 Å². The molecule has 7 heteroatoms. The van der Waals surface area contributed by atoms with Crippen LogP contribution in [-0.4, -0.2) is 40.2 Å². The molecule has 0 bridgehead atoms. The smallest absolute Gasteiger partial charge is 0.410 e. The van der Waals surface area contributed by atoms with Gasteiger partial charge in [-0.15, -0.1) is 0 Å². The van der Waals surface area contributed by atoms with Gasteiger partial charge in [0, 0.05) is 18.3 Å². The van der Waals surface area contributed by atoms with Crippen molar-refractivity contribution in [3.63, 3.8) is 0 Å². The summed E-state index contributed by atoms with van der Waals surface area (Å²) < 4.78 is 4.90. The van der Waals surface area contributed by atoms with E-state index in [1.807, 2.05) is 0 Å². The number of hydrogen-bond donors (Lipinski definition) is 2. The van der Waals surface area contributed by atoms with E-state index >= 15 is 0 Å². The van der Waals surface area contributed by atoms with Gasteiger partial charge in [-0.25, -0.2) is 9.59 Å². The Hall–Kier alpha value is -2.57. The molecule has 2 rings (SSSR count). The van der Waals surface area contributed by atoms with Crippen LogP contribution in [0.5, 0.6) is 0 Å². The minimum absolute atomic E-state index is 0.0434. The van der Waals surface area contributed by atoms with Crippen molar-refractivity contribution in [1.82, 2.24) is 9.88 Å². The summed E-state index contributed by atoms with van der Waals surface area (Å²) in [7, 11) is 0. The highest BCUT2D eigenvalue weighted by Crippen LogP contribution is 2.19. The molecule has 7 nitrogen and oxygen atoms in total. The number of pyridine rings is 1. The van der Waals surface area contributed by atoms with E-state index in [0.717, 1.165) is 0 Å². The molecular formula is C13H14N2O5. The number of aromatic nitrogens is 1. The Morgan fingerprint density at radius 1 is 1.50 bits per heavy atom. The number of ether oxygens (including phenoxy) is 1. The van der Waals surface area contributed by atoms with Crippen LogP contribution in [0.4, 0.5) is 4.79 Å². The second kappa shape index (κ2) is 5.60. The first kappa shape index (κ1) is 13.9. The fraction of sp³-hybridized carbons (Fsp3) is 0.308. The van der Waals surface area contributed by atoms with Crippen LogP contribution in [-0.2, 0) is 17.7 Å². The molecule has 0 saturated heterocycles. The van der Waals surface area contributed by atoms with Gasteiger partial charge < -0.3 is 19.7 Å². The lowest BCUT2D eigenvalue weighted by atomic mass is 9.97. The average molecular weight is 278 g/mol. The van der Waals surface area contributed by atoms with Gasteiger partial charge in [-0.1, -0.05) is 12.7 Å². The Kier molecular flexibility index (Phi) is 3.88. The van der Waals surface area contributed by atoms with Crippen LogP contribution in [0, 0.1) is 0 Å². The lowest BCUT2D eigenvalue weighted by Crippen LogP contribution is -2.40. The fourth-order valence-corrected chi connectivity index (χ4v) is 2.15. The zero-order valence-corrected chi connectivity index (χ0v) is 10.7.